The average Bonchev–Trinajstić information content (AvgIpc) is 2.80. The van der Waals surface area contributed by atoms with Crippen LogP contribution < -0.4 is 0 Å². The van der Waals surface area contributed by atoms with Crippen molar-refractivity contribution in [2.75, 3.05) is 6.61 Å². The average molecular weight is 238 g/mol. The van der Waals surface area contributed by atoms with Crippen molar-refractivity contribution in [2.45, 2.75) is 22.5 Å². The molecule has 0 heterocycles. The molecule has 0 unspecified atom stereocenters. The van der Waals surface area contributed by atoms with Gasteiger partial charge >= 0.3 is 0 Å². The Labute approximate surface area is 95.3 Å². The summed E-state index contributed by atoms with van der Waals surface area (Å²) in [7, 11) is -3.46. The highest BCUT2D eigenvalue weighted by atomic mass is 32.2. The van der Waals surface area contributed by atoms with Gasteiger partial charge in [0.15, 0.2) is 9.84 Å². The van der Waals surface area contributed by atoms with E-state index in [1.54, 1.807) is 30.3 Å². The number of rotatable bonds is 3. The maximum Gasteiger partial charge on any atom is 0.186 e. The first-order valence-electron chi connectivity index (χ1n) is 5.18. The molecule has 0 radical (unpaired) electrons. The molecule has 0 bridgehead atoms. The zero-order chi connectivity index (χ0) is 11.6. The van der Waals surface area contributed by atoms with Gasteiger partial charge in [0.2, 0.25) is 0 Å². The summed E-state index contributed by atoms with van der Waals surface area (Å²) in [6.07, 6.45) is 4.41. The van der Waals surface area contributed by atoms with E-state index in [-0.39, 0.29) is 11.5 Å². The summed E-state index contributed by atoms with van der Waals surface area (Å²) in [6.45, 7) is -0.336. The van der Waals surface area contributed by atoms with Crippen molar-refractivity contribution in [3.05, 3.63) is 42.5 Å². The van der Waals surface area contributed by atoms with E-state index in [9.17, 15) is 13.5 Å². The fourth-order valence-electron chi connectivity index (χ4n) is 1.96. The zero-order valence-electron chi connectivity index (χ0n) is 8.83. The molecule has 0 fully saturated rings. The Bertz CT molecular complexity index is 480. The lowest BCUT2D eigenvalue weighted by atomic mass is 10.1. The molecule has 86 valence electrons. The molecule has 2 rings (SSSR count). The number of aliphatic hydroxyl groups excluding tert-OH is 1. The molecule has 0 saturated carbocycles. The summed E-state index contributed by atoms with van der Waals surface area (Å²) < 4.78 is 23.7. The lowest BCUT2D eigenvalue weighted by Crippen LogP contribution is -2.39. The molecule has 1 N–H and O–H groups in total. The van der Waals surface area contributed by atoms with Crippen LogP contribution in [0.15, 0.2) is 47.4 Å². The number of hydrogen-bond acceptors (Lipinski definition) is 3. The number of benzene rings is 1. The second-order valence-corrected chi connectivity index (χ2v) is 6.38. The van der Waals surface area contributed by atoms with Gasteiger partial charge in [-0.2, -0.15) is 0 Å². The third-order valence-corrected chi connectivity index (χ3v) is 5.55. The molecule has 0 atom stereocenters. The Morgan fingerprint density at radius 1 is 1.12 bits per heavy atom. The summed E-state index contributed by atoms with van der Waals surface area (Å²) in [5, 5.41) is 9.39. The molecule has 3 nitrogen and oxygen atoms in total. The molecule has 0 amide bonds. The van der Waals surface area contributed by atoms with Crippen LogP contribution in [0.1, 0.15) is 12.8 Å². The molecular weight excluding hydrogens is 224 g/mol. The third-order valence-electron chi connectivity index (χ3n) is 3.06. The largest absolute Gasteiger partial charge is 0.395 e. The Balaban J connectivity index is 2.47. The van der Waals surface area contributed by atoms with Crippen molar-refractivity contribution in [2.24, 2.45) is 0 Å². The van der Waals surface area contributed by atoms with Gasteiger partial charge < -0.3 is 5.11 Å². The van der Waals surface area contributed by atoms with Gasteiger partial charge in [0.1, 0.15) is 4.75 Å². The predicted octanol–water partition coefficient (Wildman–Crippen LogP) is 1.54. The number of hydrogen-bond donors (Lipinski definition) is 1. The zero-order valence-corrected chi connectivity index (χ0v) is 9.65. The molecule has 1 aromatic rings. The monoisotopic (exact) mass is 238 g/mol. The quantitative estimate of drug-likeness (QED) is 0.813. The number of allylic oxidation sites excluding steroid dienone is 2. The fraction of sp³-hybridized carbons (Fsp3) is 0.333. The predicted molar refractivity (Wildman–Crippen MR) is 61.8 cm³/mol. The van der Waals surface area contributed by atoms with E-state index < -0.39 is 14.6 Å². The number of aliphatic hydroxyl groups is 1. The summed E-state index contributed by atoms with van der Waals surface area (Å²) in [6, 6.07) is 8.31. The van der Waals surface area contributed by atoms with Crippen molar-refractivity contribution in [1.29, 1.82) is 0 Å². The summed E-state index contributed by atoms with van der Waals surface area (Å²) >= 11 is 0. The van der Waals surface area contributed by atoms with Crippen molar-refractivity contribution in [3.8, 4) is 0 Å². The molecule has 0 aliphatic heterocycles. The smallest absolute Gasteiger partial charge is 0.186 e. The minimum atomic E-state index is -3.46. The van der Waals surface area contributed by atoms with Crippen LogP contribution in [-0.4, -0.2) is 24.9 Å². The molecular formula is C12H14O3S. The van der Waals surface area contributed by atoms with E-state index in [2.05, 4.69) is 0 Å². The van der Waals surface area contributed by atoms with E-state index in [1.165, 1.54) is 0 Å². The molecule has 16 heavy (non-hydrogen) atoms. The summed E-state index contributed by atoms with van der Waals surface area (Å²) in [5.74, 6) is 0. The molecule has 0 aromatic heterocycles. The highest BCUT2D eigenvalue weighted by Crippen LogP contribution is 2.36. The second-order valence-electron chi connectivity index (χ2n) is 4.04. The van der Waals surface area contributed by atoms with Gasteiger partial charge in [0.05, 0.1) is 11.5 Å². The molecule has 1 aliphatic carbocycles. The fourth-order valence-corrected chi connectivity index (χ4v) is 3.78. The normalized spacial score (nSPS) is 18.8. The van der Waals surface area contributed by atoms with Crippen LogP contribution in [-0.2, 0) is 9.84 Å². The van der Waals surface area contributed by atoms with Crippen molar-refractivity contribution >= 4 is 9.84 Å². The highest BCUT2D eigenvalue weighted by Gasteiger charge is 2.44. The Morgan fingerprint density at radius 3 is 2.19 bits per heavy atom. The minimum Gasteiger partial charge on any atom is -0.395 e. The van der Waals surface area contributed by atoms with Gasteiger partial charge in [-0.15, -0.1) is 0 Å². The lowest BCUT2D eigenvalue weighted by molar-refractivity contribution is 0.245. The van der Waals surface area contributed by atoms with Crippen molar-refractivity contribution in [3.63, 3.8) is 0 Å². The maximum absolute atomic E-state index is 12.4. The molecule has 4 heteroatoms. The Kier molecular flexibility index (Phi) is 2.86. The van der Waals surface area contributed by atoms with Crippen LogP contribution in [0.3, 0.4) is 0 Å². The highest BCUT2D eigenvalue weighted by molar-refractivity contribution is 7.93. The molecule has 0 spiro atoms. The first-order valence-corrected chi connectivity index (χ1v) is 6.66. The SMILES string of the molecule is O=S(=O)(c1ccccc1)C1(CO)CC=CC1. The van der Waals surface area contributed by atoms with Crippen molar-refractivity contribution in [1.82, 2.24) is 0 Å². The maximum atomic E-state index is 12.4. The third kappa shape index (κ3) is 1.58. The number of sulfone groups is 1. The topological polar surface area (TPSA) is 54.4 Å². The summed E-state index contributed by atoms with van der Waals surface area (Å²) in [5.41, 5.74) is 0. The van der Waals surface area contributed by atoms with Gasteiger partial charge in [0.25, 0.3) is 0 Å². The minimum absolute atomic E-state index is 0.285. The van der Waals surface area contributed by atoms with Crippen molar-refractivity contribution < 1.29 is 13.5 Å². The van der Waals surface area contributed by atoms with Gasteiger partial charge in [-0.25, -0.2) is 8.42 Å². The van der Waals surface area contributed by atoms with E-state index in [1.807, 2.05) is 12.2 Å². The van der Waals surface area contributed by atoms with E-state index in [0.717, 1.165) is 0 Å². The standard InChI is InChI=1S/C12H14O3S/c13-10-12(8-4-5-9-12)16(14,15)11-6-2-1-3-7-11/h1-7,13H,8-10H2. The first-order chi connectivity index (χ1) is 7.62. The van der Waals surface area contributed by atoms with Gasteiger partial charge in [-0.3, -0.25) is 0 Å². The molecule has 1 aromatic carbocycles. The Morgan fingerprint density at radius 2 is 1.69 bits per heavy atom. The van der Waals surface area contributed by atoms with E-state index >= 15 is 0 Å². The van der Waals surface area contributed by atoms with Crippen LogP contribution in [0, 0.1) is 0 Å². The molecule has 1 aliphatic rings. The van der Waals surface area contributed by atoms with Gasteiger partial charge in [-0.05, 0) is 25.0 Å². The van der Waals surface area contributed by atoms with Crippen LogP contribution in [0.2, 0.25) is 0 Å². The first kappa shape index (κ1) is 11.4. The van der Waals surface area contributed by atoms with Crippen LogP contribution >= 0.6 is 0 Å². The Hall–Kier alpha value is -1.13. The van der Waals surface area contributed by atoms with Gasteiger partial charge in [0, 0.05) is 0 Å². The van der Waals surface area contributed by atoms with Gasteiger partial charge in [-0.1, -0.05) is 30.4 Å². The van der Waals surface area contributed by atoms with Crippen LogP contribution in [0.5, 0.6) is 0 Å². The van der Waals surface area contributed by atoms with Crippen LogP contribution in [0.4, 0.5) is 0 Å². The summed E-state index contributed by atoms with van der Waals surface area (Å²) in [4.78, 5) is 0.285. The second kappa shape index (κ2) is 4.03. The van der Waals surface area contributed by atoms with E-state index in [4.69, 9.17) is 0 Å². The lowest BCUT2D eigenvalue weighted by Gasteiger charge is -2.26. The molecule has 0 saturated heterocycles. The van der Waals surface area contributed by atoms with E-state index in [0.29, 0.717) is 12.8 Å². The van der Waals surface area contributed by atoms with Crippen LogP contribution in [0.25, 0.3) is 0 Å².